The van der Waals surface area contributed by atoms with Gasteiger partial charge in [0.05, 0.1) is 12.2 Å². The van der Waals surface area contributed by atoms with Gasteiger partial charge in [0.15, 0.2) is 0 Å². The van der Waals surface area contributed by atoms with Gasteiger partial charge in [0.2, 0.25) is 5.91 Å². The second kappa shape index (κ2) is 7.05. The minimum atomic E-state index is -0.151. The van der Waals surface area contributed by atoms with Gasteiger partial charge in [-0.15, -0.1) is 0 Å². The summed E-state index contributed by atoms with van der Waals surface area (Å²) >= 11 is 0. The lowest BCUT2D eigenvalue weighted by Gasteiger charge is -2.52. The first-order valence-corrected chi connectivity index (χ1v) is 8.62. The van der Waals surface area contributed by atoms with E-state index in [1.807, 2.05) is 13.8 Å². The number of aromatic amines is 1. The Bertz CT molecular complexity index is 664. The Labute approximate surface area is 143 Å². The Balaban J connectivity index is 1.88. The maximum absolute atomic E-state index is 12.2. The van der Waals surface area contributed by atoms with Crippen molar-refractivity contribution < 1.29 is 9.53 Å². The van der Waals surface area contributed by atoms with Gasteiger partial charge in [-0.3, -0.25) is 9.59 Å². The predicted molar refractivity (Wildman–Crippen MR) is 93.0 cm³/mol. The highest BCUT2D eigenvalue weighted by atomic mass is 16.5. The standard InChI is InChI=1S/C18H29N3O3/c1-10(2)24-15-9-14(18(15,5)6)21-16(22)8-7-13-11(3)19-12(4)20-17(13)23/h10,14-15H,7-9H2,1-6H3,(H,21,22)(H,19,20,23). The third kappa shape index (κ3) is 4.04. The van der Waals surface area contributed by atoms with Crippen molar-refractivity contribution in [2.45, 2.75) is 79.1 Å². The number of nitrogens with zero attached hydrogens (tertiary/aromatic N) is 1. The van der Waals surface area contributed by atoms with Crippen molar-refractivity contribution in [1.29, 1.82) is 0 Å². The van der Waals surface area contributed by atoms with Crippen LogP contribution in [0.25, 0.3) is 0 Å². The monoisotopic (exact) mass is 335 g/mol. The van der Waals surface area contributed by atoms with Gasteiger partial charge in [-0.05, 0) is 40.5 Å². The summed E-state index contributed by atoms with van der Waals surface area (Å²) in [5.74, 6) is 0.563. The predicted octanol–water partition coefficient (Wildman–Crippen LogP) is 2.03. The molecule has 0 bridgehead atoms. The molecule has 1 fully saturated rings. The molecule has 6 nitrogen and oxygen atoms in total. The Hall–Kier alpha value is -1.69. The molecule has 2 atom stereocenters. The fourth-order valence-corrected chi connectivity index (χ4v) is 3.24. The molecule has 1 aromatic rings. The van der Waals surface area contributed by atoms with E-state index < -0.39 is 0 Å². The molecule has 24 heavy (non-hydrogen) atoms. The Morgan fingerprint density at radius 1 is 1.42 bits per heavy atom. The summed E-state index contributed by atoms with van der Waals surface area (Å²) in [6.45, 7) is 11.8. The van der Waals surface area contributed by atoms with E-state index in [2.05, 4.69) is 29.1 Å². The fourth-order valence-electron chi connectivity index (χ4n) is 3.24. The van der Waals surface area contributed by atoms with Crippen LogP contribution in [0.4, 0.5) is 0 Å². The van der Waals surface area contributed by atoms with Crippen LogP contribution in [-0.2, 0) is 16.0 Å². The van der Waals surface area contributed by atoms with Crippen LogP contribution >= 0.6 is 0 Å². The van der Waals surface area contributed by atoms with Gasteiger partial charge in [0.25, 0.3) is 5.56 Å². The maximum atomic E-state index is 12.2. The van der Waals surface area contributed by atoms with E-state index in [4.69, 9.17) is 4.74 Å². The lowest BCUT2D eigenvalue weighted by molar-refractivity contribution is -0.148. The van der Waals surface area contributed by atoms with E-state index in [0.29, 0.717) is 23.5 Å². The van der Waals surface area contributed by atoms with E-state index in [1.54, 1.807) is 13.8 Å². The van der Waals surface area contributed by atoms with Crippen molar-refractivity contribution in [2.24, 2.45) is 5.41 Å². The average Bonchev–Trinajstić information content (AvgIpc) is 2.44. The summed E-state index contributed by atoms with van der Waals surface area (Å²) in [5.41, 5.74) is 1.06. The summed E-state index contributed by atoms with van der Waals surface area (Å²) < 4.78 is 5.88. The number of aryl methyl sites for hydroxylation is 2. The number of amides is 1. The molecule has 1 aromatic heterocycles. The van der Waals surface area contributed by atoms with E-state index in [1.165, 1.54) is 0 Å². The molecule has 1 heterocycles. The summed E-state index contributed by atoms with van der Waals surface area (Å²) in [6.07, 6.45) is 1.89. The molecular formula is C18H29N3O3. The lowest BCUT2D eigenvalue weighted by Crippen LogP contribution is -2.62. The summed E-state index contributed by atoms with van der Waals surface area (Å²) in [5, 5.41) is 3.08. The summed E-state index contributed by atoms with van der Waals surface area (Å²) in [6, 6.07) is 0.115. The Morgan fingerprint density at radius 2 is 2.08 bits per heavy atom. The van der Waals surface area contributed by atoms with Crippen LogP contribution in [0.2, 0.25) is 0 Å². The molecule has 1 amide bonds. The van der Waals surface area contributed by atoms with E-state index in [9.17, 15) is 9.59 Å². The van der Waals surface area contributed by atoms with Crippen LogP contribution < -0.4 is 10.9 Å². The quantitative estimate of drug-likeness (QED) is 0.833. The van der Waals surface area contributed by atoms with E-state index >= 15 is 0 Å². The van der Waals surface area contributed by atoms with Crippen molar-refractivity contribution >= 4 is 5.91 Å². The van der Waals surface area contributed by atoms with Crippen molar-refractivity contribution in [2.75, 3.05) is 0 Å². The van der Waals surface area contributed by atoms with Crippen LogP contribution in [0.3, 0.4) is 0 Å². The molecule has 1 saturated carbocycles. The minimum absolute atomic E-state index is 0.0320. The molecular weight excluding hydrogens is 306 g/mol. The van der Waals surface area contributed by atoms with Crippen molar-refractivity contribution in [3.8, 4) is 0 Å². The molecule has 0 aromatic carbocycles. The van der Waals surface area contributed by atoms with E-state index in [0.717, 1.165) is 6.42 Å². The first kappa shape index (κ1) is 18.6. The van der Waals surface area contributed by atoms with E-state index in [-0.39, 0.29) is 41.6 Å². The van der Waals surface area contributed by atoms with Crippen LogP contribution in [0.1, 0.15) is 57.6 Å². The largest absolute Gasteiger partial charge is 0.375 e. The third-order valence-corrected chi connectivity index (χ3v) is 4.89. The molecule has 0 aliphatic heterocycles. The fraction of sp³-hybridized carbons (Fsp3) is 0.722. The van der Waals surface area contributed by atoms with Crippen molar-refractivity contribution in [3.05, 3.63) is 27.4 Å². The lowest BCUT2D eigenvalue weighted by atomic mass is 9.64. The minimum Gasteiger partial charge on any atom is -0.375 e. The van der Waals surface area contributed by atoms with Crippen LogP contribution in [-0.4, -0.2) is 34.1 Å². The summed E-state index contributed by atoms with van der Waals surface area (Å²) in [7, 11) is 0. The second-order valence-corrected chi connectivity index (χ2v) is 7.57. The smallest absolute Gasteiger partial charge is 0.254 e. The zero-order valence-electron chi connectivity index (χ0n) is 15.5. The van der Waals surface area contributed by atoms with Crippen LogP contribution in [0.5, 0.6) is 0 Å². The molecule has 2 N–H and O–H groups in total. The molecule has 6 heteroatoms. The number of hydrogen-bond acceptors (Lipinski definition) is 4. The number of ether oxygens (including phenoxy) is 1. The van der Waals surface area contributed by atoms with Crippen LogP contribution in [0, 0.1) is 19.3 Å². The molecule has 0 saturated heterocycles. The first-order valence-electron chi connectivity index (χ1n) is 8.62. The topological polar surface area (TPSA) is 84.1 Å². The first-order chi connectivity index (χ1) is 11.1. The van der Waals surface area contributed by atoms with Crippen molar-refractivity contribution in [1.82, 2.24) is 15.3 Å². The van der Waals surface area contributed by atoms with Crippen LogP contribution in [0.15, 0.2) is 4.79 Å². The Morgan fingerprint density at radius 3 is 2.62 bits per heavy atom. The highest BCUT2D eigenvalue weighted by Crippen LogP contribution is 2.43. The average molecular weight is 335 g/mol. The maximum Gasteiger partial charge on any atom is 0.254 e. The molecule has 2 rings (SSSR count). The zero-order valence-corrected chi connectivity index (χ0v) is 15.5. The van der Waals surface area contributed by atoms with Gasteiger partial charge < -0.3 is 15.0 Å². The van der Waals surface area contributed by atoms with Gasteiger partial charge in [-0.1, -0.05) is 13.8 Å². The zero-order chi connectivity index (χ0) is 18.1. The molecule has 1 aliphatic rings. The van der Waals surface area contributed by atoms with Gasteiger partial charge in [-0.25, -0.2) is 4.98 Å². The highest BCUT2D eigenvalue weighted by molar-refractivity contribution is 5.76. The highest BCUT2D eigenvalue weighted by Gasteiger charge is 2.49. The Kier molecular flexibility index (Phi) is 5.48. The number of rotatable bonds is 6. The molecule has 0 radical (unpaired) electrons. The van der Waals surface area contributed by atoms with Gasteiger partial charge in [0, 0.05) is 29.1 Å². The molecule has 134 valence electrons. The number of hydrogen-bond donors (Lipinski definition) is 2. The third-order valence-electron chi connectivity index (χ3n) is 4.89. The van der Waals surface area contributed by atoms with Crippen molar-refractivity contribution in [3.63, 3.8) is 0 Å². The number of carbonyl (C=O) groups is 1. The number of nitrogens with one attached hydrogen (secondary N) is 2. The second-order valence-electron chi connectivity index (χ2n) is 7.57. The summed E-state index contributed by atoms with van der Waals surface area (Å²) in [4.78, 5) is 31.2. The normalized spacial score (nSPS) is 22.3. The molecule has 0 spiro atoms. The van der Waals surface area contributed by atoms with Gasteiger partial charge in [0.1, 0.15) is 5.82 Å². The van der Waals surface area contributed by atoms with Gasteiger partial charge >= 0.3 is 0 Å². The molecule has 1 aliphatic carbocycles. The number of carbonyl (C=O) groups excluding carboxylic acids is 1. The molecule has 2 unspecified atom stereocenters. The SMILES string of the molecule is Cc1nc(C)c(CCC(=O)NC2CC(OC(C)C)C2(C)C)c(=O)[nH]1. The number of H-pyrrole nitrogens is 1. The van der Waals surface area contributed by atoms with Gasteiger partial charge in [-0.2, -0.15) is 0 Å². The number of aromatic nitrogens is 2.